The first-order valence-electron chi connectivity index (χ1n) is 6.82. The molecule has 0 saturated carbocycles. The number of hydrogen-bond acceptors (Lipinski definition) is 4. The van der Waals surface area contributed by atoms with Crippen LogP contribution in [0.25, 0.3) is 0 Å². The van der Waals surface area contributed by atoms with E-state index in [0.29, 0.717) is 12.3 Å². The molecule has 1 aromatic carbocycles. The van der Waals surface area contributed by atoms with E-state index >= 15 is 0 Å². The summed E-state index contributed by atoms with van der Waals surface area (Å²) in [5.41, 5.74) is 7.28. The van der Waals surface area contributed by atoms with Gasteiger partial charge >= 0.3 is 5.97 Å². The monoisotopic (exact) mass is 264 g/mol. The molecular weight excluding hydrogens is 240 g/mol. The summed E-state index contributed by atoms with van der Waals surface area (Å²) in [6, 6.07) is 7.37. The number of likely N-dealkylation sites (N-methyl/N-ethyl adjacent to an activating group) is 1. The fourth-order valence-electron chi connectivity index (χ4n) is 1.90. The van der Waals surface area contributed by atoms with Crippen LogP contribution in [0.1, 0.15) is 32.3 Å². The van der Waals surface area contributed by atoms with E-state index in [-0.39, 0.29) is 11.9 Å². The van der Waals surface area contributed by atoms with Gasteiger partial charge in [-0.25, -0.2) is 0 Å². The molecule has 0 fully saturated rings. The summed E-state index contributed by atoms with van der Waals surface area (Å²) in [7, 11) is 0. The second-order valence-corrected chi connectivity index (χ2v) is 4.59. The van der Waals surface area contributed by atoms with E-state index in [4.69, 9.17) is 10.5 Å². The highest BCUT2D eigenvalue weighted by Gasteiger charge is 2.16. The van der Waals surface area contributed by atoms with E-state index < -0.39 is 0 Å². The Balaban J connectivity index is 2.45. The SMILES string of the molecule is CCN(CC)CCOC(=O)C(C)c1cccc(N)c1. The third-order valence-electron chi connectivity index (χ3n) is 3.31. The number of ether oxygens (including phenoxy) is 1. The molecule has 0 bridgehead atoms. The maximum Gasteiger partial charge on any atom is 0.313 e. The molecule has 0 aliphatic heterocycles. The molecule has 2 N–H and O–H groups in total. The summed E-state index contributed by atoms with van der Waals surface area (Å²) < 4.78 is 5.31. The Hall–Kier alpha value is -1.55. The second-order valence-electron chi connectivity index (χ2n) is 4.59. The highest BCUT2D eigenvalue weighted by molar-refractivity contribution is 5.78. The fraction of sp³-hybridized carbons (Fsp3) is 0.533. The van der Waals surface area contributed by atoms with Gasteiger partial charge in [-0.05, 0) is 37.7 Å². The average Bonchev–Trinajstić information content (AvgIpc) is 2.42. The standard InChI is InChI=1S/C15H24N2O2/c1-4-17(5-2)9-10-19-15(18)12(3)13-7-6-8-14(16)11-13/h6-8,11-12H,4-5,9-10,16H2,1-3H3. The van der Waals surface area contributed by atoms with Crippen LogP contribution in [-0.2, 0) is 9.53 Å². The summed E-state index contributed by atoms with van der Waals surface area (Å²) in [6.45, 7) is 9.20. The van der Waals surface area contributed by atoms with Gasteiger partial charge in [0.2, 0.25) is 0 Å². The van der Waals surface area contributed by atoms with Crippen molar-refractivity contribution in [2.75, 3.05) is 32.0 Å². The maximum atomic E-state index is 11.9. The molecule has 0 saturated heterocycles. The molecule has 106 valence electrons. The van der Waals surface area contributed by atoms with Crippen molar-refractivity contribution in [3.8, 4) is 0 Å². The summed E-state index contributed by atoms with van der Waals surface area (Å²) in [5.74, 6) is -0.474. The zero-order valence-corrected chi connectivity index (χ0v) is 12.1. The maximum absolute atomic E-state index is 11.9. The van der Waals surface area contributed by atoms with Crippen LogP contribution >= 0.6 is 0 Å². The number of nitrogens with two attached hydrogens (primary N) is 1. The number of nitrogen functional groups attached to an aromatic ring is 1. The Morgan fingerprint density at radius 1 is 1.37 bits per heavy atom. The van der Waals surface area contributed by atoms with Gasteiger partial charge in [0.05, 0.1) is 5.92 Å². The first-order chi connectivity index (χ1) is 9.08. The molecule has 1 unspecified atom stereocenters. The first kappa shape index (κ1) is 15.5. The van der Waals surface area contributed by atoms with E-state index in [0.717, 1.165) is 25.2 Å². The number of esters is 1. The molecular formula is C15H24N2O2. The molecule has 4 heteroatoms. The number of carbonyl (C=O) groups is 1. The van der Waals surface area contributed by atoms with Crippen molar-refractivity contribution < 1.29 is 9.53 Å². The number of anilines is 1. The second kappa shape index (κ2) is 7.79. The average molecular weight is 264 g/mol. The number of nitrogens with zero attached hydrogens (tertiary/aromatic N) is 1. The van der Waals surface area contributed by atoms with Gasteiger partial charge < -0.3 is 15.4 Å². The predicted octanol–water partition coefficient (Wildman–Crippen LogP) is 2.26. The molecule has 0 heterocycles. The van der Waals surface area contributed by atoms with Crippen LogP contribution in [-0.4, -0.2) is 37.1 Å². The lowest BCUT2D eigenvalue weighted by molar-refractivity contribution is -0.145. The van der Waals surface area contributed by atoms with Gasteiger partial charge in [-0.3, -0.25) is 4.79 Å². The fourth-order valence-corrected chi connectivity index (χ4v) is 1.90. The Morgan fingerprint density at radius 2 is 2.05 bits per heavy atom. The minimum atomic E-state index is -0.278. The molecule has 19 heavy (non-hydrogen) atoms. The number of hydrogen-bond donors (Lipinski definition) is 1. The highest BCUT2D eigenvalue weighted by atomic mass is 16.5. The normalized spacial score (nSPS) is 12.4. The summed E-state index contributed by atoms with van der Waals surface area (Å²) in [5, 5.41) is 0. The Labute approximate surface area is 115 Å². The van der Waals surface area contributed by atoms with Crippen molar-refractivity contribution in [2.45, 2.75) is 26.7 Å². The predicted molar refractivity (Wildman–Crippen MR) is 78.0 cm³/mol. The molecule has 1 aromatic rings. The topological polar surface area (TPSA) is 55.6 Å². The quantitative estimate of drug-likeness (QED) is 0.606. The van der Waals surface area contributed by atoms with Crippen LogP contribution in [0, 0.1) is 0 Å². The molecule has 0 spiro atoms. The lowest BCUT2D eigenvalue weighted by atomic mass is 10.0. The van der Waals surface area contributed by atoms with Crippen molar-refractivity contribution in [2.24, 2.45) is 0 Å². The number of carbonyl (C=O) groups excluding carboxylic acids is 1. The van der Waals surface area contributed by atoms with Gasteiger partial charge in [-0.15, -0.1) is 0 Å². The molecule has 0 radical (unpaired) electrons. The van der Waals surface area contributed by atoms with Gasteiger partial charge in [-0.2, -0.15) is 0 Å². The van der Waals surface area contributed by atoms with Gasteiger partial charge in [0.25, 0.3) is 0 Å². The Morgan fingerprint density at radius 3 is 2.63 bits per heavy atom. The van der Waals surface area contributed by atoms with E-state index in [9.17, 15) is 4.79 Å². The molecule has 4 nitrogen and oxygen atoms in total. The van der Waals surface area contributed by atoms with Crippen molar-refractivity contribution in [3.63, 3.8) is 0 Å². The van der Waals surface area contributed by atoms with Crippen LogP contribution in [0.5, 0.6) is 0 Å². The van der Waals surface area contributed by atoms with Crippen LogP contribution < -0.4 is 5.73 Å². The first-order valence-corrected chi connectivity index (χ1v) is 6.82. The third-order valence-corrected chi connectivity index (χ3v) is 3.31. The number of benzene rings is 1. The van der Waals surface area contributed by atoms with Crippen molar-refractivity contribution in [1.82, 2.24) is 4.90 Å². The van der Waals surface area contributed by atoms with Gasteiger partial charge in [0, 0.05) is 12.2 Å². The summed E-state index contributed by atoms with van der Waals surface area (Å²) in [6.07, 6.45) is 0. The molecule has 0 aromatic heterocycles. The lowest BCUT2D eigenvalue weighted by Crippen LogP contribution is -2.28. The van der Waals surface area contributed by atoms with Crippen molar-refractivity contribution >= 4 is 11.7 Å². The largest absolute Gasteiger partial charge is 0.464 e. The van der Waals surface area contributed by atoms with Crippen LogP contribution in [0.3, 0.4) is 0 Å². The highest BCUT2D eigenvalue weighted by Crippen LogP contribution is 2.18. The molecule has 0 amide bonds. The minimum absolute atomic E-state index is 0.197. The van der Waals surface area contributed by atoms with Crippen molar-refractivity contribution in [3.05, 3.63) is 29.8 Å². The van der Waals surface area contributed by atoms with E-state index in [1.165, 1.54) is 0 Å². The Bertz CT molecular complexity index is 403. The molecule has 1 atom stereocenters. The lowest BCUT2D eigenvalue weighted by Gasteiger charge is -2.18. The van der Waals surface area contributed by atoms with Crippen LogP contribution in [0.4, 0.5) is 5.69 Å². The van der Waals surface area contributed by atoms with Crippen LogP contribution in [0.2, 0.25) is 0 Å². The van der Waals surface area contributed by atoms with E-state index in [1.807, 2.05) is 31.2 Å². The van der Waals surface area contributed by atoms with E-state index in [2.05, 4.69) is 18.7 Å². The smallest absolute Gasteiger partial charge is 0.313 e. The summed E-state index contributed by atoms with van der Waals surface area (Å²) >= 11 is 0. The zero-order chi connectivity index (χ0) is 14.3. The minimum Gasteiger partial charge on any atom is -0.464 e. The molecule has 1 rings (SSSR count). The van der Waals surface area contributed by atoms with Gasteiger partial charge in [0.1, 0.15) is 6.61 Å². The Kier molecular flexibility index (Phi) is 6.36. The van der Waals surface area contributed by atoms with Crippen molar-refractivity contribution in [1.29, 1.82) is 0 Å². The van der Waals surface area contributed by atoms with Gasteiger partial charge in [-0.1, -0.05) is 26.0 Å². The van der Waals surface area contributed by atoms with E-state index in [1.54, 1.807) is 0 Å². The molecule has 0 aliphatic rings. The summed E-state index contributed by atoms with van der Waals surface area (Å²) in [4.78, 5) is 14.2. The van der Waals surface area contributed by atoms with Crippen LogP contribution in [0.15, 0.2) is 24.3 Å². The zero-order valence-electron chi connectivity index (χ0n) is 12.1. The third kappa shape index (κ3) is 4.91. The number of rotatable bonds is 7. The van der Waals surface area contributed by atoms with Gasteiger partial charge in [0.15, 0.2) is 0 Å². The molecule has 0 aliphatic carbocycles.